The predicted molar refractivity (Wildman–Crippen MR) is 89.0 cm³/mol. The Morgan fingerprint density at radius 3 is 2.57 bits per heavy atom. The molecule has 2 aliphatic rings. The highest BCUT2D eigenvalue weighted by Gasteiger charge is 2.35. The van der Waals surface area contributed by atoms with Crippen molar-refractivity contribution in [2.24, 2.45) is 17.8 Å². The Kier molecular flexibility index (Phi) is 7.13. The van der Waals surface area contributed by atoms with Crippen LogP contribution in [-0.2, 0) is 14.3 Å². The molecule has 2 fully saturated rings. The van der Waals surface area contributed by atoms with Gasteiger partial charge in [-0.3, -0.25) is 9.59 Å². The topological polar surface area (TPSA) is 63.6 Å². The quantitative estimate of drug-likeness (QED) is 0.390. The van der Waals surface area contributed by atoms with E-state index in [0.29, 0.717) is 5.92 Å². The summed E-state index contributed by atoms with van der Waals surface area (Å²) in [5.41, 5.74) is 0. The molecule has 0 heterocycles. The molecule has 0 amide bonds. The first-order chi connectivity index (χ1) is 11.1. The first kappa shape index (κ1) is 18.0. The average molecular weight is 322 g/mol. The van der Waals surface area contributed by atoms with E-state index in [-0.39, 0.29) is 24.4 Å². The summed E-state index contributed by atoms with van der Waals surface area (Å²) in [6, 6.07) is 0. The minimum atomic E-state index is -0.845. The summed E-state index contributed by atoms with van der Waals surface area (Å²) in [4.78, 5) is 23.7. The summed E-state index contributed by atoms with van der Waals surface area (Å²) in [7, 11) is 0. The van der Waals surface area contributed by atoms with Gasteiger partial charge < -0.3 is 9.84 Å². The molecule has 2 rings (SSSR count). The maximum Gasteiger partial charge on any atom is 0.307 e. The van der Waals surface area contributed by atoms with Gasteiger partial charge in [0.1, 0.15) is 6.10 Å². The summed E-state index contributed by atoms with van der Waals surface area (Å²) in [5, 5.41) is 9.42. The largest absolute Gasteiger partial charge is 0.481 e. The molecular weight excluding hydrogens is 292 g/mol. The fourth-order valence-corrected chi connectivity index (χ4v) is 4.22. The van der Waals surface area contributed by atoms with Gasteiger partial charge in [0.05, 0.1) is 12.3 Å². The molecule has 4 nitrogen and oxygen atoms in total. The zero-order valence-corrected chi connectivity index (χ0v) is 14.0. The number of carboxylic acid groups (broad SMARTS) is 1. The van der Waals surface area contributed by atoms with Gasteiger partial charge in [-0.2, -0.15) is 0 Å². The fourth-order valence-electron chi connectivity index (χ4n) is 4.22. The molecule has 23 heavy (non-hydrogen) atoms. The summed E-state index contributed by atoms with van der Waals surface area (Å²) < 4.78 is 5.67. The van der Waals surface area contributed by atoms with E-state index in [9.17, 15) is 14.7 Å². The number of hydrogen-bond donors (Lipinski definition) is 1. The van der Waals surface area contributed by atoms with E-state index in [1.54, 1.807) is 0 Å². The lowest BCUT2D eigenvalue weighted by Gasteiger charge is -2.23. The second kappa shape index (κ2) is 9.09. The number of aliphatic carboxylic acids is 1. The Balaban J connectivity index is 1.82. The van der Waals surface area contributed by atoms with E-state index in [1.165, 1.54) is 0 Å². The molecule has 2 saturated carbocycles. The number of rotatable bonds is 9. The lowest BCUT2D eigenvalue weighted by molar-refractivity contribution is -0.158. The van der Waals surface area contributed by atoms with Crippen LogP contribution in [0.5, 0.6) is 0 Å². The van der Waals surface area contributed by atoms with Crippen LogP contribution in [0.4, 0.5) is 0 Å². The molecule has 0 unspecified atom stereocenters. The molecule has 0 aromatic carbocycles. The number of ether oxygens (including phenoxy) is 1. The van der Waals surface area contributed by atoms with E-state index in [1.807, 2.05) is 6.08 Å². The van der Waals surface area contributed by atoms with E-state index in [2.05, 4.69) is 6.58 Å². The van der Waals surface area contributed by atoms with Gasteiger partial charge in [-0.25, -0.2) is 0 Å². The van der Waals surface area contributed by atoms with Crippen LogP contribution in [0.1, 0.15) is 70.6 Å². The van der Waals surface area contributed by atoms with Crippen molar-refractivity contribution in [2.45, 2.75) is 76.7 Å². The molecule has 0 aromatic rings. The van der Waals surface area contributed by atoms with Crippen molar-refractivity contribution in [3.8, 4) is 0 Å². The minimum absolute atomic E-state index is 0.00895. The van der Waals surface area contributed by atoms with Crippen molar-refractivity contribution in [1.29, 1.82) is 0 Å². The molecule has 2 aliphatic carbocycles. The molecular formula is C19H30O4. The van der Waals surface area contributed by atoms with Crippen LogP contribution >= 0.6 is 0 Å². The van der Waals surface area contributed by atoms with Gasteiger partial charge in [0.25, 0.3) is 0 Å². The molecule has 1 N–H and O–H groups in total. The van der Waals surface area contributed by atoms with Gasteiger partial charge in [-0.05, 0) is 63.2 Å². The Morgan fingerprint density at radius 1 is 1.17 bits per heavy atom. The van der Waals surface area contributed by atoms with Crippen LogP contribution in [0.3, 0.4) is 0 Å². The maximum atomic E-state index is 12.2. The van der Waals surface area contributed by atoms with Crippen molar-refractivity contribution in [2.75, 3.05) is 0 Å². The van der Waals surface area contributed by atoms with Crippen LogP contribution in [0.25, 0.3) is 0 Å². The van der Waals surface area contributed by atoms with Gasteiger partial charge in [-0.1, -0.05) is 18.9 Å². The molecule has 0 aliphatic heterocycles. The molecule has 0 bridgehead atoms. The second-order valence-electron chi connectivity index (χ2n) is 7.13. The smallest absolute Gasteiger partial charge is 0.307 e. The Bertz CT molecular complexity index is 412. The number of carbonyl (C=O) groups excluding carboxylic acids is 1. The van der Waals surface area contributed by atoms with E-state index < -0.39 is 11.9 Å². The van der Waals surface area contributed by atoms with Gasteiger partial charge in [0.2, 0.25) is 0 Å². The van der Waals surface area contributed by atoms with Crippen molar-refractivity contribution in [1.82, 2.24) is 0 Å². The van der Waals surface area contributed by atoms with Gasteiger partial charge in [0, 0.05) is 0 Å². The fraction of sp³-hybridized carbons (Fsp3) is 0.789. The molecule has 4 heteroatoms. The van der Waals surface area contributed by atoms with Crippen molar-refractivity contribution in [3.63, 3.8) is 0 Å². The van der Waals surface area contributed by atoms with Gasteiger partial charge in [-0.15, -0.1) is 6.58 Å². The monoisotopic (exact) mass is 322 g/mol. The van der Waals surface area contributed by atoms with Gasteiger partial charge in [0.15, 0.2) is 0 Å². The highest BCUT2D eigenvalue weighted by atomic mass is 16.5. The number of allylic oxidation sites excluding steroid dienone is 1. The summed E-state index contributed by atoms with van der Waals surface area (Å²) in [6.45, 7) is 3.74. The number of carbonyl (C=O) groups is 2. The van der Waals surface area contributed by atoms with Crippen molar-refractivity contribution < 1.29 is 19.4 Å². The van der Waals surface area contributed by atoms with E-state index >= 15 is 0 Å². The number of esters is 1. The third-order valence-corrected chi connectivity index (χ3v) is 5.53. The average Bonchev–Trinajstić information content (AvgIpc) is 3.17. The Hall–Kier alpha value is -1.32. The van der Waals surface area contributed by atoms with Crippen LogP contribution in [-0.4, -0.2) is 23.1 Å². The summed E-state index contributed by atoms with van der Waals surface area (Å²) in [6.07, 6.45) is 12.3. The van der Waals surface area contributed by atoms with Crippen molar-refractivity contribution >= 4 is 11.9 Å². The first-order valence-corrected chi connectivity index (χ1v) is 9.15. The SMILES string of the molecule is C=CCCC[C@H]1CCC[C@@H]1OC(=O)C[C@H](C(=O)O)C1CCCC1. The molecule has 0 spiro atoms. The lowest BCUT2D eigenvalue weighted by atomic mass is 9.88. The number of hydrogen-bond acceptors (Lipinski definition) is 3. The lowest BCUT2D eigenvalue weighted by Crippen LogP contribution is -2.29. The maximum absolute atomic E-state index is 12.2. The zero-order valence-electron chi connectivity index (χ0n) is 14.0. The highest BCUT2D eigenvalue weighted by molar-refractivity contribution is 5.79. The minimum Gasteiger partial charge on any atom is -0.481 e. The van der Waals surface area contributed by atoms with E-state index in [0.717, 1.165) is 64.2 Å². The van der Waals surface area contributed by atoms with E-state index in [4.69, 9.17) is 4.74 Å². The zero-order chi connectivity index (χ0) is 16.7. The third kappa shape index (κ3) is 5.36. The molecule has 0 saturated heterocycles. The van der Waals surface area contributed by atoms with Crippen LogP contribution in [0, 0.1) is 17.8 Å². The standard InChI is InChI=1S/C19H30O4/c1-2-3-4-10-15-11-7-12-17(15)23-18(20)13-16(19(21)22)14-8-5-6-9-14/h2,14-17H,1,3-13H2,(H,21,22)/t15-,16-,17-/m0/s1. The van der Waals surface area contributed by atoms with Crippen LogP contribution in [0.15, 0.2) is 12.7 Å². The third-order valence-electron chi connectivity index (χ3n) is 5.53. The second-order valence-corrected chi connectivity index (χ2v) is 7.13. The Morgan fingerprint density at radius 2 is 1.91 bits per heavy atom. The van der Waals surface area contributed by atoms with Gasteiger partial charge >= 0.3 is 11.9 Å². The predicted octanol–water partition coefficient (Wildman–Crippen LogP) is 4.34. The Labute approximate surface area is 139 Å². The number of carboxylic acids is 1. The molecule has 130 valence electrons. The molecule has 0 radical (unpaired) electrons. The van der Waals surface area contributed by atoms with Crippen LogP contribution < -0.4 is 0 Å². The number of unbranched alkanes of at least 4 members (excludes halogenated alkanes) is 1. The molecule has 3 atom stereocenters. The molecule has 0 aromatic heterocycles. The highest BCUT2D eigenvalue weighted by Crippen LogP contribution is 2.35. The summed E-state index contributed by atoms with van der Waals surface area (Å²) >= 11 is 0. The summed E-state index contributed by atoms with van der Waals surface area (Å²) in [5.74, 6) is -1.14. The normalized spacial score (nSPS) is 26.1. The van der Waals surface area contributed by atoms with Crippen LogP contribution in [0.2, 0.25) is 0 Å². The van der Waals surface area contributed by atoms with Crippen molar-refractivity contribution in [3.05, 3.63) is 12.7 Å². The first-order valence-electron chi connectivity index (χ1n) is 9.15.